The fourth-order valence-corrected chi connectivity index (χ4v) is 4.56. The first-order valence-electron chi connectivity index (χ1n) is 9.68. The van der Waals surface area contributed by atoms with Crippen LogP contribution in [0.3, 0.4) is 0 Å². The smallest absolute Gasteiger partial charge is 0.222 e. The quantitative estimate of drug-likeness (QED) is 0.854. The molecule has 3 fully saturated rings. The number of fused-ring (bicyclic) bond motifs is 2. The van der Waals surface area contributed by atoms with Crippen molar-refractivity contribution in [1.82, 2.24) is 15.5 Å². The van der Waals surface area contributed by atoms with E-state index in [1.807, 2.05) is 6.07 Å². The van der Waals surface area contributed by atoms with Crippen LogP contribution in [0.15, 0.2) is 30.3 Å². The van der Waals surface area contributed by atoms with Crippen LogP contribution < -0.4 is 10.6 Å². The molecule has 1 amide bonds. The molecule has 1 aromatic carbocycles. The van der Waals surface area contributed by atoms with Crippen molar-refractivity contribution in [3.63, 3.8) is 0 Å². The molecule has 3 heterocycles. The van der Waals surface area contributed by atoms with Crippen LogP contribution in [0.4, 0.5) is 0 Å². The van der Waals surface area contributed by atoms with Crippen LogP contribution in [0.5, 0.6) is 0 Å². The average molecular weight is 343 g/mol. The standard InChI is InChI=1S/C20H29N3O2/c24-20(22-18-10-16-6-7-17(11-18)21-16)12-19-14-23(8-9-25-19)13-15-4-2-1-3-5-15/h1-5,16-19,21H,6-14H2,(H,22,24). The van der Waals surface area contributed by atoms with Crippen LogP contribution in [0, 0.1) is 0 Å². The van der Waals surface area contributed by atoms with E-state index in [1.54, 1.807) is 0 Å². The number of nitrogens with zero attached hydrogens (tertiary/aromatic N) is 1. The van der Waals surface area contributed by atoms with Gasteiger partial charge in [0.15, 0.2) is 0 Å². The number of ether oxygens (including phenoxy) is 1. The lowest BCUT2D eigenvalue weighted by molar-refractivity contribution is -0.127. The third kappa shape index (κ3) is 4.60. The first-order chi connectivity index (χ1) is 12.2. The summed E-state index contributed by atoms with van der Waals surface area (Å²) in [6.45, 7) is 3.41. The fourth-order valence-electron chi connectivity index (χ4n) is 4.56. The van der Waals surface area contributed by atoms with E-state index in [2.05, 4.69) is 39.8 Å². The summed E-state index contributed by atoms with van der Waals surface area (Å²) in [6.07, 6.45) is 5.16. The molecule has 3 aliphatic rings. The molecule has 3 saturated heterocycles. The molecule has 0 saturated carbocycles. The number of hydrogen-bond acceptors (Lipinski definition) is 4. The number of piperidine rings is 1. The van der Waals surface area contributed by atoms with Gasteiger partial charge in [-0.3, -0.25) is 9.69 Å². The van der Waals surface area contributed by atoms with Gasteiger partial charge in [0.2, 0.25) is 5.91 Å². The van der Waals surface area contributed by atoms with Gasteiger partial charge >= 0.3 is 0 Å². The fraction of sp³-hybridized carbons (Fsp3) is 0.650. The third-order valence-electron chi connectivity index (χ3n) is 5.72. The topological polar surface area (TPSA) is 53.6 Å². The number of amides is 1. The minimum atomic E-state index is 0.0101. The molecule has 0 radical (unpaired) electrons. The number of carbonyl (C=O) groups excluding carboxylic acids is 1. The Hall–Kier alpha value is -1.43. The van der Waals surface area contributed by atoms with Gasteiger partial charge in [0, 0.05) is 37.8 Å². The predicted octanol–water partition coefficient (Wildman–Crippen LogP) is 1.68. The maximum absolute atomic E-state index is 12.4. The van der Waals surface area contributed by atoms with Crippen molar-refractivity contribution in [2.24, 2.45) is 0 Å². The zero-order valence-corrected chi connectivity index (χ0v) is 14.8. The highest BCUT2D eigenvalue weighted by Gasteiger charge is 2.34. The molecule has 3 aliphatic heterocycles. The molecule has 0 spiro atoms. The summed E-state index contributed by atoms with van der Waals surface area (Å²) in [5.74, 6) is 0.151. The summed E-state index contributed by atoms with van der Waals surface area (Å²) < 4.78 is 5.85. The van der Waals surface area contributed by atoms with E-state index in [1.165, 1.54) is 18.4 Å². The molecular weight excluding hydrogens is 314 g/mol. The molecule has 25 heavy (non-hydrogen) atoms. The van der Waals surface area contributed by atoms with Gasteiger partial charge in [0.05, 0.1) is 19.1 Å². The summed E-state index contributed by atoms with van der Waals surface area (Å²) in [7, 11) is 0. The summed E-state index contributed by atoms with van der Waals surface area (Å²) >= 11 is 0. The highest BCUT2D eigenvalue weighted by Crippen LogP contribution is 2.26. The number of carbonyl (C=O) groups is 1. The molecule has 5 heteroatoms. The Balaban J connectivity index is 1.23. The highest BCUT2D eigenvalue weighted by atomic mass is 16.5. The SMILES string of the molecule is O=C(CC1CN(Cc2ccccc2)CCO1)NC1CC2CCC(C1)N2. The van der Waals surface area contributed by atoms with E-state index in [0.29, 0.717) is 31.2 Å². The third-order valence-corrected chi connectivity index (χ3v) is 5.72. The molecule has 4 rings (SSSR count). The van der Waals surface area contributed by atoms with E-state index in [4.69, 9.17) is 4.74 Å². The van der Waals surface area contributed by atoms with E-state index in [0.717, 1.165) is 32.5 Å². The molecule has 0 aromatic heterocycles. The van der Waals surface area contributed by atoms with Gasteiger partial charge in [0.25, 0.3) is 0 Å². The largest absolute Gasteiger partial charge is 0.375 e. The van der Waals surface area contributed by atoms with Crippen LogP contribution >= 0.6 is 0 Å². The minimum Gasteiger partial charge on any atom is -0.375 e. The number of rotatable bonds is 5. The van der Waals surface area contributed by atoms with Crippen molar-refractivity contribution in [3.8, 4) is 0 Å². The van der Waals surface area contributed by atoms with Crippen LogP contribution in [-0.4, -0.2) is 54.7 Å². The molecule has 3 atom stereocenters. The highest BCUT2D eigenvalue weighted by molar-refractivity contribution is 5.76. The van der Waals surface area contributed by atoms with Crippen LogP contribution in [0.2, 0.25) is 0 Å². The van der Waals surface area contributed by atoms with E-state index in [9.17, 15) is 4.79 Å². The van der Waals surface area contributed by atoms with Crippen LogP contribution in [0.1, 0.15) is 37.7 Å². The molecule has 0 aliphatic carbocycles. The second-order valence-electron chi connectivity index (χ2n) is 7.79. The van der Waals surface area contributed by atoms with Gasteiger partial charge in [-0.15, -0.1) is 0 Å². The maximum atomic E-state index is 12.4. The first kappa shape index (κ1) is 17.0. The normalized spacial score (nSPS) is 32.5. The van der Waals surface area contributed by atoms with Crippen molar-refractivity contribution in [2.45, 2.75) is 62.9 Å². The lowest BCUT2D eigenvalue weighted by Gasteiger charge is -2.34. The van der Waals surface area contributed by atoms with Gasteiger partial charge in [0.1, 0.15) is 0 Å². The molecule has 136 valence electrons. The zero-order valence-electron chi connectivity index (χ0n) is 14.8. The molecule has 5 nitrogen and oxygen atoms in total. The predicted molar refractivity (Wildman–Crippen MR) is 97.2 cm³/mol. The van der Waals surface area contributed by atoms with Gasteiger partial charge in [-0.2, -0.15) is 0 Å². The van der Waals surface area contributed by atoms with Crippen molar-refractivity contribution in [2.75, 3.05) is 19.7 Å². The summed E-state index contributed by atoms with van der Waals surface area (Å²) in [5.41, 5.74) is 1.32. The van der Waals surface area contributed by atoms with Gasteiger partial charge in [-0.25, -0.2) is 0 Å². The first-order valence-corrected chi connectivity index (χ1v) is 9.68. The van der Waals surface area contributed by atoms with Gasteiger partial charge in [-0.05, 0) is 31.2 Å². The van der Waals surface area contributed by atoms with Crippen molar-refractivity contribution in [1.29, 1.82) is 0 Å². The Bertz CT molecular complexity index is 568. The number of benzene rings is 1. The monoisotopic (exact) mass is 343 g/mol. The Morgan fingerprint density at radius 2 is 1.96 bits per heavy atom. The average Bonchev–Trinajstić information content (AvgIpc) is 2.94. The van der Waals surface area contributed by atoms with Crippen molar-refractivity contribution >= 4 is 5.91 Å². The molecule has 1 aromatic rings. The Labute approximate surface area is 150 Å². The molecular formula is C20H29N3O2. The summed E-state index contributed by atoms with van der Waals surface area (Å²) in [6, 6.07) is 12.1. The second kappa shape index (κ2) is 7.85. The molecule has 2 bridgehead atoms. The minimum absolute atomic E-state index is 0.0101. The lowest BCUT2D eigenvalue weighted by atomic mass is 9.99. The Morgan fingerprint density at radius 3 is 2.72 bits per heavy atom. The molecule has 2 N–H and O–H groups in total. The summed E-state index contributed by atoms with van der Waals surface area (Å²) in [4.78, 5) is 14.8. The maximum Gasteiger partial charge on any atom is 0.222 e. The zero-order chi connectivity index (χ0) is 17.1. The van der Waals surface area contributed by atoms with E-state index in [-0.39, 0.29) is 12.0 Å². The Morgan fingerprint density at radius 1 is 1.20 bits per heavy atom. The van der Waals surface area contributed by atoms with Crippen LogP contribution in [-0.2, 0) is 16.1 Å². The van der Waals surface area contributed by atoms with E-state index < -0.39 is 0 Å². The number of hydrogen-bond donors (Lipinski definition) is 2. The number of nitrogens with one attached hydrogen (secondary N) is 2. The Kier molecular flexibility index (Phi) is 5.34. The van der Waals surface area contributed by atoms with Crippen molar-refractivity contribution in [3.05, 3.63) is 35.9 Å². The van der Waals surface area contributed by atoms with E-state index >= 15 is 0 Å². The number of morpholine rings is 1. The van der Waals surface area contributed by atoms with Gasteiger partial charge < -0.3 is 15.4 Å². The second-order valence-corrected chi connectivity index (χ2v) is 7.79. The van der Waals surface area contributed by atoms with Crippen molar-refractivity contribution < 1.29 is 9.53 Å². The van der Waals surface area contributed by atoms with Crippen LogP contribution in [0.25, 0.3) is 0 Å². The van der Waals surface area contributed by atoms with Gasteiger partial charge in [-0.1, -0.05) is 30.3 Å². The lowest BCUT2D eigenvalue weighted by Crippen LogP contribution is -2.49. The summed E-state index contributed by atoms with van der Waals surface area (Å²) in [5, 5.41) is 6.88. The molecule has 3 unspecified atom stereocenters.